The summed E-state index contributed by atoms with van der Waals surface area (Å²) < 4.78 is 0. The molecule has 0 bridgehead atoms. The third-order valence-electron chi connectivity index (χ3n) is 3.33. The van der Waals surface area contributed by atoms with Crippen molar-refractivity contribution in [3.63, 3.8) is 0 Å². The number of unbranched alkanes of at least 4 members (excludes halogenated alkanes) is 1. The number of carbonyl (C=O) groups excluding carboxylic acids is 1. The molecule has 0 aliphatic carbocycles. The molecule has 0 spiro atoms. The Hall–Kier alpha value is -1.61. The second-order valence-electron chi connectivity index (χ2n) is 5.01. The number of halogens is 1. The highest BCUT2D eigenvalue weighted by Crippen LogP contribution is 2.15. The fourth-order valence-electron chi connectivity index (χ4n) is 2.02. The number of nitrogens with zero attached hydrogens (tertiary/aromatic N) is 1. The molecule has 4 heteroatoms. The van der Waals surface area contributed by atoms with Gasteiger partial charge in [0.25, 0.3) is 0 Å². The van der Waals surface area contributed by atoms with E-state index in [0.29, 0.717) is 5.69 Å². The number of pyridine rings is 1. The van der Waals surface area contributed by atoms with Crippen molar-refractivity contribution in [3.8, 4) is 0 Å². The Labute approximate surface area is 131 Å². The number of hydrogen-bond donors (Lipinski definition) is 1. The third-order valence-corrected chi connectivity index (χ3v) is 3.64. The minimum Gasteiger partial charge on any atom is -0.397 e. The predicted octanol–water partition coefficient (Wildman–Crippen LogP) is 4.79. The summed E-state index contributed by atoms with van der Waals surface area (Å²) in [6.45, 7) is 4.12. The second kappa shape index (κ2) is 9.35. The van der Waals surface area contributed by atoms with Crippen LogP contribution in [0, 0.1) is 5.92 Å². The van der Waals surface area contributed by atoms with Gasteiger partial charge in [0.1, 0.15) is 0 Å². The van der Waals surface area contributed by atoms with Crippen LogP contribution in [0.4, 0.5) is 5.69 Å². The van der Waals surface area contributed by atoms with E-state index >= 15 is 0 Å². The molecule has 0 aliphatic rings. The number of carbonyl (C=O) groups is 1. The molecule has 114 valence electrons. The van der Waals surface area contributed by atoms with Crippen LogP contribution in [-0.4, -0.2) is 10.2 Å². The molecule has 1 aromatic carbocycles. The van der Waals surface area contributed by atoms with Crippen LogP contribution in [0.1, 0.15) is 39.5 Å². The van der Waals surface area contributed by atoms with Crippen molar-refractivity contribution in [1.82, 2.24) is 4.98 Å². The minimum absolute atomic E-state index is 0.0987. The number of para-hydroxylation sites is 1. The van der Waals surface area contributed by atoms with Crippen LogP contribution < -0.4 is 5.73 Å². The standard InChI is InChI=1S/C9H8N2.C8H15ClO/c10-8-5-7-3-1-2-4-9(7)11-6-8;1-3-5-6-7(4-2)8(9)10/h1-6H,10H2;7H,3-6H2,1-2H3. The SMILES string of the molecule is CCCCC(CC)C(=O)Cl.Nc1cnc2ccccc2c1. The van der Waals surface area contributed by atoms with E-state index in [4.69, 9.17) is 17.3 Å². The fourth-order valence-corrected chi connectivity index (χ4v) is 2.28. The molecule has 3 nitrogen and oxygen atoms in total. The Morgan fingerprint density at radius 1 is 1.33 bits per heavy atom. The van der Waals surface area contributed by atoms with Crippen LogP contribution in [0.15, 0.2) is 36.5 Å². The first-order valence-electron chi connectivity index (χ1n) is 7.38. The van der Waals surface area contributed by atoms with E-state index in [1.807, 2.05) is 37.3 Å². The zero-order valence-electron chi connectivity index (χ0n) is 12.7. The minimum atomic E-state index is -0.170. The van der Waals surface area contributed by atoms with Gasteiger partial charge < -0.3 is 5.73 Å². The third kappa shape index (κ3) is 6.13. The van der Waals surface area contributed by atoms with Crippen molar-refractivity contribution >= 4 is 33.4 Å². The average molecular weight is 307 g/mol. The molecular formula is C17H23ClN2O. The van der Waals surface area contributed by atoms with Gasteiger partial charge in [-0.25, -0.2) is 0 Å². The average Bonchev–Trinajstić information content (AvgIpc) is 2.48. The molecular weight excluding hydrogens is 284 g/mol. The summed E-state index contributed by atoms with van der Waals surface area (Å²) in [6, 6.07) is 9.82. The molecule has 0 saturated heterocycles. The highest BCUT2D eigenvalue weighted by molar-refractivity contribution is 6.63. The zero-order valence-corrected chi connectivity index (χ0v) is 13.4. The Bertz CT molecular complexity index is 571. The number of rotatable bonds is 5. The fraction of sp³-hybridized carbons (Fsp3) is 0.412. The van der Waals surface area contributed by atoms with Crippen LogP contribution in [-0.2, 0) is 4.79 Å². The Morgan fingerprint density at radius 3 is 2.67 bits per heavy atom. The molecule has 2 N–H and O–H groups in total. The Kier molecular flexibility index (Phi) is 7.76. The summed E-state index contributed by atoms with van der Waals surface area (Å²) >= 11 is 5.34. The van der Waals surface area contributed by atoms with Crippen molar-refractivity contribution in [2.24, 2.45) is 5.92 Å². The monoisotopic (exact) mass is 306 g/mol. The van der Waals surface area contributed by atoms with Crippen LogP contribution in [0.3, 0.4) is 0 Å². The summed E-state index contributed by atoms with van der Waals surface area (Å²) in [6.07, 6.45) is 5.75. The molecule has 2 aromatic rings. The molecule has 0 fully saturated rings. The van der Waals surface area contributed by atoms with E-state index in [2.05, 4.69) is 11.9 Å². The first-order valence-corrected chi connectivity index (χ1v) is 7.75. The molecule has 1 unspecified atom stereocenters. The highest BCUT2D eigenvalue weighted by atomic mass is 35.5. The molecule has 1 atom stereocenters. The maximum Gasteiger partial charge on any atom is 0.224 e. The van der Waals surface area contributed by atoms with E-state index < -0.39 is 0 Å². The summed E-state index contributed by atoms with van der Waals surface area (Å²) in [5, 5.41) is 0.920. The molecule has 2 rings (SSSR count). The van der Waals surface area contributed by atoms with Gasteiger partial charge in [-0.1, -0.05) is 44.9 Å². The number of anilines is 1. The number of aromatic nitrogens is 1. The van der Waals surface area contributed by atoms with Gasteiger partial charge in [0.2, 0.25) is 5.24 Å². The van der Waals surface area contributed by atoms with E-state index in [-0.39, 0.29) is 11.2 Å². The van der Waals surface area contributed by atoms with Crippen LogP contribution in [0.2, 0.25) is 0 Å². The van der Waals surface area contributed by atoms with E-state index in [0.717, 1.165) is 36.6 Å². The molecule has 21 heavy (non-hydrogen) atoms. The van der Waals surface area contributed by atoms with E-state index in [1.165, 1.54) is 0 Å². The van der Waals surface area contributed by atoms with Crippen molar-refractivity contribution in [2.45, 2.75) is 39.5 Å². The van der Waals surface area contributed by atoms with Gasteiger partial charge in [-0.2, -0.15) is 0 Å². The van der Waals surface area contributed by atoms with Gasteiger partial charge in [-0.05, 0) is 36.6 Å². The maximum atomic E-state index is 10.6. The van der Waals surface area contributed by atoms with Gasteiger partial charge in [0.15, 0.2) is 0 Å². The van der Waals surface area contributed by atoms with Crippen molar-refractivity contribution in [1.29, 1.82) is 0 Å². The van der Waals surface area contributed by atoms with E-state index in [9.17, 15) is 4.79 Å². The quantitative estimate of drug-likeness (QED) is 0.808. The molecule has 1 heterocycles. The van der Waals surface area contributed by atoms with Crippen LogP contribution >= 0.6 is 11.6 Å². The lowest BCUT2D eigenvalue weighted by molar-refractivity contribution is -0.115. The molecule has 0 radical (unpaired) electrons. The number of fused-ring (bicyclic) bond motifs is 1. The topological polar surface area (TPSA) is 56.0 Å². The number of hydrogen-bond acceptors (Lipinski definition) is 3. The Morgan fingerprint density at radius 2 is 2.05 bits per heavy atom. The molecule has 1 aromatic heterocycles. The zero-order chi connectivity index (χ0) is 15.7. The van der Waals surface area contributed by atoms with Gasteiger partial charge in [0.05, 0.1) is 17.4 Å². The van der Waals surface area contributed by atoms with Crippen molar-refractivity contribution in [2.75, 3.05) is 5.73 Å². The summed E-state index contributed by atoms with van der Waals surface area (Å²) in [4.78, 5) is 14.8. The van der Waals surface area contributed by atoms with Gasteiger partial charge >= 0.3 is 0 Å². The normalized spacial score (nSPS) is 11.6. The molecule has 0 aliphatic heterocycles. The van der Waals surface area contributed by atoms with Gasteiger partial charge in [-0.15, -0.1) is 0 Å². The van der Waals surface area contributed by atoms with Crippen LogP contribution in [0.5, 0.6) is 0 Å². The van der Waals surface area contributed by atoms with Crippen molar-refractivity contribution in [3.05, 3.63) is 36.5 Å². The maximum absolute atomic E-state index is 10.6. The summed E-state index contributed by atoms with van der Waals surface area (Å²) in [5.41, 5.74) is 7.26. The first kappa shape index (κ1) is 17.4. The van der Waals surface area contributed by atoms with Crippen molar-refractivity contribution < 1.29 is 4.79 Å². The van der Waals surface area contributed by atoms with E-state index in [1.54, 1.807) is 6.20 Å². The number of nitrogens with two attached hydrogens (primary N) is 1. The largest absolute Gasteiger partial charge is 0.397 e. The smallest absolute Gasteiger partial charge is 0.224 e. The summed E-state index contributed by atoms with van der Waals surface area (Å²) in [7, 11) is 0. The number of nitrogen functional groups attached to an aromatic ring is 1. The van der Waals surface area contributed by atoms with Gasteiger partial charge in [-0.3, -0.25) is 9.78 Å². The molecule has 0 saturated carbocycles. The predicted molar refractivity (Wildman–Crippen MR) is 90.3 cm³/mol. The lowest BCUT2D eigenvalue weighted by Crippen LogP contribution is -2.06. The summed E-state index contributed by atoms with van der Waals surface area (Å²) in [5.74, 6) is 0.0987. The van der Waals surface area contributed by atoms with Gasteiger partial charge in [0, 0.05) is 11.3 Å². The molecule has 0 amide bonds. The highest BCUT2D eigenvalue weighted by Gasteiger charge is 2.11. The lowest BCUT2D eigenvalue weighted by Gasteiger charge is -2.06. The lowest BCUT2D eigenvalue weighted by atomic mass is 10.0. The first-order chi connectivity index (χ1) is 10.1. The van der Waals surface area contributed by atoms with Crippen LogP contribution in [0.25, 0.3) is 10.9 Å². The second-order valence-corrected chi connectivity index (χ2v) is 5.39. The number of benzene rings is 1. The Balaban J connectivity index is 0.000000212.